The predicted molar refractivity (Wildman–Crippen MR) is 115 cm³/mol. The summed E-state index contributed by atoms with van der Waals surface area (Å²) in [4.78, 5) is 24.4. The first-order valence-corrected chi connectivity index (χ1v) is 9.68. The SMILES string of the molecule is CC(NC(=O)c1ccnc(NCCc2c[nH]c3ccccc23)n1)c1ccccc1. The van der Waals surface area contributed by atoms with Crippen molar-refractivity contribution in [3.05, 3.63) is 89.9 Å². The largest absolute Gasteiger partial charge is 0.361 e. The quantitative estimate of drug-likeness (QED) is 0.447. The zero-order chi connectivity index (χ0) is 20.1. The number of amides is 1. The Bertz CT molecular complexity index is 1110. The fourth-order valence-electron chi connectivity index (χ4n) is 3.31. The van der Waals surface area contributed by atoms with Crippen molar-refractivity contribution in [2.75, 3.05) is 11.9 Å². The molecule has 0 spiro atoms. The van der Waals surface area contributed by atoms with Crippen molar-refractivity contribution in [1.29, 1.82) is 0 Å². The number of nitrogens with one attached hydrogen (secondary N) is 3. The Hall–Kier alpha value is -3.67. The number of fused-ring (bicyclic) bond motifs is 1. The normalized spacial score (nSPS) is 11.9. The number of nitrogens with zero attached hydrogens (tertiary/aromatic N) is 2. The van der Waals surface area contributed by atoms with Gasteiger partial charge in [0.1, 0.15) is 5.69 Å². The molecule has 0 aliphatic carbocycles. The average Bonchev–Trinajstić information content (AvgIpc) is 3.18. The van der Waals surface area contributed by atoms with Gasteiger partial charge in [-0.15, -0.1) is 0 Å². The van der Waals surface area contributed by atoms with E-state index in [0.717, 1.165) is 17.5 Å². The van der Waals surface area contributed by atoms with Crippen LogP contribution in [0.3, 0.4) is 0 Å². The number of hydrogen-bond donors (Lipinski definition) is 3. The van der Waals surface area contributed by atoms with Gasteiger partial charge in [-0.2, -0.15) is 0 Å². The summed E-state index contributed by atoms with van der Waals surface area (Å²) < 4.78 is 0. The highest BCUT2D eigenvalue weighted by Crippen LogP contribution is 2.18. The van der Waals surface area contributed by atoms with Crippen LogP contribution < -0.4 is 10.6 Å². The van der Waals surface area contributed by atoms with E-state index in [-0.39, 0.29) is 11.9 Å². The number of aromatic amines is 1. The molecule has 1 atom stereocenters. The minimum Gasteiger partial charge on any atom is -0.361 e. The Labute approximate surface area is 169 Å². The third-order valence-electron chi connectivity index (χ3n) is 4.89. The molecule has 1 amide bonds. The van der Waals surface area contributed by atoms with Gasteiger partial charge in [-0.05, 0) is 36.6 Å². The molecule has 1 unspecified atom stereocenters. The maximum absolute atomic E-state index is 12.6. The molecule has 0 bridgehead atoms. The van der Waals surface area contributed by atoms with Gasteiger partial charge in [0.05, 0.1) is 6.04 Å². The molecule has 4 rings (SSSR count). The van der Waals surface area contributed by atoms with E-state index < -0.39 is 0 Å². The van der Waals surface area contributed by atoms with E-state index in [1.54, 1.807) is 12.3 Å². The second-order valence-electron chi connectivity index (χ2n) is 6.91. The van der Waals surface area contributed by atoms with Crippen molar-refractivity contribution in [1.82, 2.24) is 20.3 Å². The summed E-state index contributed by atoms with van der Waals surface area (Å²) in [7, 11) is 0. The number of para-hydroxylation sites is 1. The van der Waals surface area contributed by atoms with Gasteiger partial charge in [-0.3, -0.25) is 4.79 Å². The van der Waals surface area contributed by atoms with Crippen molar-refractivity contribution in [3.8, 4) is 0 Å². The van der Waals surface area contributed by atoms with Crippen LogP contribution in [0.5, 0.6) is 0 Å². The Morgan fingerprint density at radius 1 is 1.07 bits per heavy atom. The smallest absolute Gasteiger partial charge is 0.270 e. The first-order chi connectivity index (χ1) is 14.2. The molecule has 2 aromatic carbocycles. The number of H-pyrrole nitrogens is 1. The number of benzene rings is 2. The topological polar surface area (TPSA) is 82.7 Å². The molecule has 3 N–H and O–H groups in total. The van der Waals surface area contributed by atoms with E-state index in [1.165, 1.54) is 10.9 Å². The summed E-state index contributed by atoms with van der Waals surface area (Å²) in [5, 5.41) is 7.41. The lowest BCUT2D eigenvalue weighted by molar-refractivity contribution is 0.0935. The standard InChI is InChI=1S/C23H23N5O/c1-16(17-7-3-2-4-8-17)27-22(29)21-12-14-25-23(28-21)24-13-11-18-15-26-20-10-6-5-9-19(18)20/h2-10,12,14-16,26H,11,13H2,1H3,(H,27,29)(H,24,25,28). The maximum Gasteiger partial charge on any atom is 0.270 e. The van der Waals surface area contributed by atoms with E-state index >= 15 is 0 Å². The molecule has 0 aliphatic heterocycles. The van der Waals surface area contributed by atoms with Gasteiger partial charge < -0.3 is 15.6 Å². The summed E-state index contributed by atoms with van der Waals surface area (Å²) >= 11 is 0. The summed E-state index contributed by atoms with van der Waals surface area (Å²) in [5.74, 6) is 0.230. The van der Waals surface area contributed by atoms with Crippen molar-refractivity contribution in [2.45, 2.75) is 19.4 Å². The first-order valence-electron chi connectivity index (χ1n) is 9.68. The van der Waals surface area contributed by atoms with Crippen LogP contribution >= 0.6 is 0 Å². The summed E-state index contributed by atoms with van der Waals surface area (Å²) in [6.07, 6.45) is 4.46. The molecule has 4 aromatic rings. The fraction of sp³-hybridized carbons (Fsp3) is 0.174. The number of carbonyl (C=O) groups excluding carboxylic acids is 1. The molecular formula is C23H23N5O. The zero-order valence-corrected chi connectivity index (χ0v) is 16.2. The summed E-state index contributed by atoms with van der Waals surface area (Å²) in [5.41, 5.74) is 3.76. The molecule has 0 saturated carbocycles. The number of carbonyl (C=O) groups is 1. The van der Waals surface area contributed by atoms with Crippen LogP contribution in [0.25, 0.3) is 10.9 Å². The Morgan fingerprint density at radius 2 is 1.86 bits per heavy atom. The maximum atomic E-state index is 12.6. The van der Waals surface area contributed by atoms with Crippen LogP contribution in [0.1, 0.15) is 34.6 Å². The van der Waals surface area contributed by atoms with Crippen LogP contribution in [0, 0.1) is 0 Å². The highest BCUT2D eigenvalue weighted by atomic mass is 16.1. The highest BCUT2D eigenvalue weighted by molar-refractivity contribution is 5.92. The van der Waals surface area contributed by atoms with Crippen LogP contribution in [0.2, 0.25) is 0 Å². The van der Waals surface area contributed by atoms with E-state index in [9.17, 15) is 4.79 Å². The van der Waals surface area contributed by atoms with Crippen molar-refractivity contribution >= 4 is 22.8 Å². The molecule has 0 fully saturated rings. The molecule has 0 saturated heterocycles. The van der Waals surface area contributed by atoms with E-state index in [0.29, 0.717) is 18.2 Å². The number of aromatic nitrogens is 3. The lowest BCUT2D eigenvalue weighted by atomic mass is 10.1. The zero-order valence-electron chi connectivity index (χ0n) is 16.2. The fourth-order valence-corrected chi connectivity index (χ4v) is 3.31. The molecule has 6 nitrogen and oxygen atoms in total. The van der Waals surface area contributed by atoms with Gasteiger partial charge in [0, 0.05) is 29.8 Å². The Kier molecular flexibility index (Phi) is 5.52. The second-order valence-corrected chi connectivity index (χ2v) is 6.91. The number of rotatable bonds is 7. The van der Waals surface area contributed by atoms with E-state index in [1.807, 2.05) is 55.6 Å². The molecule has 0 aliphatic rings. The molecule has 146 valence electrons. The predicted octanol–water partition coefficient (Wildman–Crippen LogP) is 4.10. The van der Waals surface area contributed by atoms with Crippen LogP contribution in [-0.2, 0) is 6.42 Å². The van der Waals surface area contributed by atoms with Gasteiger partial charge in [-0.1, -0.05) is 48.5 Å². The van der Waals surface area contributed by atoms with Gasteiger partial charge in [0.25, 0.3) is 5.91 Å². The average molecular weight is 385 g/mol. The van der Waals surface area contributed by atoms with E-state index in [4.69, 9.17) is 0 Å². The van der Waals surface area contributed by atoms with Gasteiger partial charge in [0.2, 0.25) is 5.95 Å². The Balaban J connectivity index is 1.36. The third kappa shape index (κ3) is 4.43. The molecule has 2 heterocycles. The highest BCUT2D eigenvalue weighted by Gasteiger charge is 2.13. The minimum atomic E-state index is -0.219. The van der Waals surface area contributed by atoms with Gasteiger partial charge in [-0.25, -0.2) is 9.97 Å². The van der Waals surface area contributed by atoms with Crippen LogP contribution in [0.4, 0.5) is 5.95 Å². The molecule has 6 heteroatoms. The summed E-state index contributed by atoms with van der Waals surface area (Å²) in [6.45, 7) is 2.63. The minimum absolute atomic E-state index is 0.100. The van der Waals surface area contributed by atoms with E-state index in [2.05, 4.69) is 37.7 Å². The van der Waals surface area contributed by atoms with Gasteiger partial charge >= 0.3 is 0 Å². The number of anilines is 1. The lowest BCUT2D eigenvalue weighted by Crippen LogP contribution is -2.27. The third-order valence-corrected chi connectivity index (χ3v) is 4.89. The number of hydrogen-bond acceptors (Lipinski definition) is 4. The van der Waals surface area contributed by atoms with Crippen molar-refractivity contribution < 1.29 is 4.79 Å². The van der Waals surface area contributed by atoms with Crippen molar-refractivity contribution in [3.63, 3.8) is 0 Å². The molecule has 29 heavy (non-hydrogen) atoms. The summed E-state index contributed by atoms with van der Waals surface area (Å²) in [6, 6.07) is 19.6. The second kappa shape index (κ2) is 8.56. The van der Waals surface area contributed by atoms with Crippen molar-refractivity contribution in [2.24, 2.45) is 0 Å². The lowest BCUT2D eigenvalue weighted by Gasteiger charge is -2.14. The Morgan fingerprint density at radius 3 is 2.72 bits per heavy atom. The first kappa shape index (κ1) is 18.7. The molecule has 0 radical (unpaired) electrons. The van der Waals surface area contributed by atoms with Crippen LogP contribution in [-0.4, -0.2) is 27.4 Å². The molecule has 2 aromatic heterocycles. The monoisotopic (exact) mass is 385 g/mol. The van der Waals surface area contributed by atoms with Crippen LogP contribution in [0.15, 0.2) is 73.1 Å². The van der Waals surface area contributed by atoms with Gasteiger partial charge in [0.15, 0.2) is 0 Å². The molecular weight excluding hydrogens is 362 g/mol.